The van der Waals surface area contributed by atoms with E-state index in [0.29, 0.717) is 22.3 Å². The number of hydrogen-bond acceptors (Lipinski definition) is 7. The summed E-state index contributed by atoms with van der Waals surface area (Å²) in [5, 5.41) is 0.804. The molecule has 0 fully saturated rings. The molecule has 0 aromatic carbocycles. The Hall–Kier alpha value is -2.74. The van der Waals surface area contributed by atoms with Crippen LogP contribution >= 0.6 is 11.3 Å². The van der Waals surface area contributed by atoms with Gasteiger partial charge in [0.25, 0.3) is 5.56 Å². The van der Waals surface area contributed by atoms with Crippen LogP contribution in [0.5, 0.6) is 0 Å². The fraction of sp³-hybridized carbons (Fsp3) is 0.250. The molecule has 3 rings (SSSR count). The molecule has 0 aliphatic rings. The van der Waals surface area contributed by atoms with E-state index in [4.69, 9.17) is 5.73 Å². The monoisotopic (exact) mass is 342 g/mol. The minimum Gasteiger partial charge on any atom is -0.403 e. The van der Waals surface area contributed by atoms with Gasteiger partial charge in [-0.1, -0.05) is 12.2 Å². The predicted octanol–water partition coefficient (Wildman–Crippen LogP) is 2.19. The number of rotatable bonds is 4. The van der Waals surface area contributed by atoms with Crippen LogP contribution in [0.15, 0.2) is 35.8 Å². The van der Waals surface area contributed by atoms with Crippen molar-refractivity contribution in [2.24, 2.45) is 5.73 Å². The van der Waals surface area contributed by atoms with E-state index in [0.717, 1.165) is 16.0 Å². The zero-order chi connectivity index (χ0) is 17.3. The summed E-state index contributed by atoms with van der Waals surface area (Å²) in [6, 6.07) is 0. The fourth-order valence-electron chi connectivity index (χ4n) is 2.48. The van der Waals surface area contributed by atoms with Gasteiger partial charge in [-0.25, -0.2) is 15.0 Å². The zero-order valence-electron chi connectivity index (χ0n) is 13.7. The van der Waals surface area contributed by atoms with E-state index in [1.807, 2.05) is 38.1 Å². The first-order chi connectivity index (χ1) is 11.6. The minimum absolute atomic E-state index is 0.145. The van der Waals surface area contributed by atoms with Crippen LogP contribution in [0.3, 0.4) is 0 Å². The molecule has 0 aliphatic heterocycles. The number of hydrogen-bond donors (Lipinski definition) is 1. The van der Waals surface area contributed by atoms with Crippen LogP contribution in [0.4, 0.5) is 5.82 Å². The summed E-state index contributed by atoms with van der Waals surface area (Å²) in [7, 11) is 3.80. The van der Waals surface area contributed by atoms with Gasteiger partial charge in [0.15, 0.2) is 0 Å². The highest BCUT2D eigenvalue weighted by Gasteiger charge is 2.18. The summed E-state index contributed by atoms with van der Waals surface area (Å²) in [6.07, 6.45) is 8.88. The standard InChI is InChI=1S/C16H18N6OS/c1-4-5-6-10(7-17)22-9-20-12-11-14(21(2)3)18-8-19-15(11)24-13(12)16(22)23/h4-5,7-9H,6,17H2,1-3H3/b5-4-,10-7+. The molecule has 124 valence electrons. The van der Waals surface area contributed by atoms with Crippen molar-refractivity contribution in [3.63, 3.8) is 0 Å². The van der Waals surface area contributed by atoms with Gasteiger partial charge in [-0.3, -0.25) is 9.36 Å². The highest BCUT2D eigenvalue weighted by Crippen LogP contribution is 2.33. The van der Waals surface area contributed by atoms with E-state index in [9.17, 15) is 4.79 Å². The Morgan fingerprint density at radius 1 is 1.38 bits per heavy atom. The van der Waals surface area contributed by atoms with Gasteiger partial charge in [0, 0.05) is 32.4 Å². The van der Waals surface area contributed by atoms with Crippen molar-refractivity contribution in [3.05, 3.63) is 41.4 Å². The van der Waals surface area contributed by atoms with E-state index in [-0.39, 0.29) is 5.56 Å². The van der Waals surface area contributed by atoms with Crippen LogP contribution in [-0.2, 0) is 0 Å². The molecule has 3 aromatic rings. The third-order valence-electron chi connectivity index (χ3n) is 3.65. The largest absolute Gasteiger partial charge is 0.403 e. The lowest BCUT2D eigenvalue weighted by molar-refractivity contribution is 0.955. The van der Waals surface area contributed by atoms with Crippen LogP contribution in [-0.4, -0.2) is 33.6 Å². The maximum atomic E-state index is 12.9. The van der Waals surface area contributed by atoms with E-state index in [2.05, 4.69) is 15.0 Å². The fourth-order valence-corrected chi connectivity index (χ4v) is 3.50. The van der Waals surface area contributed by atoms with Crippen molar-refractivity contribution >= 4 is 43.3 Å². The van der Waals surface area contributed by atoms with Gasteiger partial charge in [0.1, 0.15) is 33.5 Å². The third kappa shape index (κ3) is 2.54. The van der Waals surface area contributed by atoms with Gasteiger partial charge in [-0.2, -0.15) is 0 Å². The average Bonchev–Trinajstić information content (AvgIpc) is 2.96. The molecule has 8 heteroatoms. The highest BCUT2D eigenvalue weighted by molar-refractivity contribution is 7.25. The molecular weight excluding hydrogens is 324 g/mol. The minimum atomic E-state index is -0.145. The Morgan fingerprint density at radius 3 is 2.83 bits per heavy atom. The van der Waals surface area contributed by atoms with E-state index in [1.54, 1.807) is 0 Å². The zero-order valence-corrected chi connectivity index (χ0v) is 14.5. The molecule has 3 aromatic heterocycles. The first kappa shape index (κ1) is 16.1. The van der Waals surface area contributed by atoms with Crippen molar-refractivity contribution in [1.29, 1.82) is 0 Å². The second-order valence-corrected chi connectivity index (χ2v) is 6.40. The van der Waals surface area contributed by atoms with Gasteiger partial charge in [-0.05, 0) is 6.92 Å². The Bertz CT molecular complexity index is 1010. The number of fused-ring (bicyclic) bond motifs is 3. The summed E-state index contributed by atoms with van der Waals surface area (Å²) in [5.74, 6) is 0.749. The first-order valence-corrected chi connectivity index (χ1v) is 8.24. The summed E-state index contributed by atoms with van der Waals surface area (Å²) in [4.78, 5) is 28.6. The average molecular weight is 342 g/mol. The maximum Gasteiger partial charge on any atom is 0.275 e. The molecular formula is C16H18N6OS. The van der Waals surface area contributed by atoms with Crippen LogP contribution in [0, 0.1) is 0 Å². The molecule has 0 radical (unpaired) electrons. The smallest absolute Gasteiger partial charge is 0.275 e. The number of nitrogens with zero attached hydrogens (tertiary/aromatic N) is 5. The molecule has 3 heterocycles. The lowest BCUT2D eigenvalue weighted by Gasteiger charge is -2.11. The highest BCUT2D eigenvalue weighted by atomic mass is 32.1. The second kappa shape index (κ2) is 6.40. The SMILES string of the molecule is C/C=C\C/C(=C\N)n1cnc2c(sc3ncnc(N(C)C)c32)c1=O. The van der Waals surface area contributed by atoms with Crippen LogP contribution < -0.4 is 16.2 Å². The van der Waals surface area contributed by atoms with Crippen molar-refractivity contribution in [1.82, 2.24) is 19.5 Å². The molecule has 0 amide bonds. The number of allylic oxidation sites excluding steroid dienone is 3. The Balaban J connectivity index is 2.29. The number of thiophene rings is 1. The van der Waals surface area contributed by atoms with Gasteiger partial charge in [0.05, 0.1) is 5.39 Å². The van der Waals surface area contributed by atoms with Crippen molar-refractivity contribution in [3.8, 4) is 0 Å². The van der Waals surface area contributed by atoms with Crippen molar-refractivity contribution < 1.29 is 0 Å². The quantitative estimate of drug-likeness (QED) is 0.731. The molecule has 0 unspecified atom stereocenters. The summed E-state index contributed by atoms with van der Waals surface area (Å²) >= 11 is 1.33. The molecule has 2 N–H and O–H groups in total. The van der Waals surface area contributed by atoms with E-state index < -0.39 is 0 Å². The number of anilines is 1. The Labute approximate surface area is 142 Å². The van der Waals surface area contributed by atoms with Crippen molar-refractivity contribution in [2.45, 2.75) is 13.3 Å². The van der Waals surface area contributed by atoms with Gasteiger partial charge < -0.3 is 10.6 Å². The van der Waals surface area contributed by atoms with Crippen LogP contribution in [0.25, 0.3) is 26.1 Å². The van der Waals surface area contributed by atoms with Crippen molar-refractivity contribution in [2.75, 3.05) is 19.0 Å². The number of aromatic nitrogens is 4. The Kier molecular flexibility index (Phi) is 4.30. The molecule has 0 atom stereocenters. The molecule has 0 spiro atoms. The first-order valence-electron chi connectivity index (χ1n) is 7.43. The molecule has 0 saturated carbocycles. The number of nitrogens with two attached hydrogens (primary N) is 1. The van der Waals surface area contributed by atoms with Crippen LogP contribution in [0.1, 0.15) is 13.3 Å². The predicted molar refractivity (Wildman–Crippen MR) is 99.2 cm³/mol. The van der Waals surface area contributed by atoms with Gasteiger partial charge in [-0.15, -0.1) is 11.3 Å². The second-order valence-electron chi connectivity index (χ2n) is 5.40. The molecule has 0 saturated heterocycles. The summed E-state index contributed by atoms with van der Waals surface area (Å²) in [6.45, 7) is 1.92. The van der Waals surface area contributed by atoms with E-state index >= 15 is 0 Å². The Morgan fingerprint density at radius 2 is 2.17 bits per heavy atom. The van der Waals surface area contributed by atoms with E-state index in [1.165, 1.54) is 34.8 Å². The lowest BCUT2D eigenvalue weighted by atomic mass is 10.3. The molecule has 0 aliphatic carbocycles. The maximum absolute atomic E-state index is 12.9. The third-order valence-corrected chi connectivity index (χ3v) is 4.72. The van der Waals surface area contributed by atoms with Crippen LogP contribution in [0.2, 0.25) is 0 Å². The molecule has 0 bridgehead atoms. The molecule has 24 heavy (non-hydrogen) atoms. The molecule has 7 nitrogen and oxygen atoms in total. The summed E-state index contributed by atoms with van der Waals surface area (Å²) < 4.78 is 2.04. The van der Waals surface area contributed by atoms with Gasteiger partial charge in [0.2, 0.25) is 0 Å². The lowest BCUT2D eigenvalue weighted by Crippen LogP contribution is -2.19. The van der Waals surface area contributed by atoms with Gasteiger partial charge >= 0.3 is 0 Å². The normalized spacial score (nSPS) is 12.5. The summed E-state index contributed by atoms with van der Waals surface area (Å²) in [5.41, 5.74) is 6.86. The topological polar surface area (TPSA) is 89.9 Å².